The highest BCUT2D eigenvalue weighted by molar-refractivity contribution is 8.02. The molecule has 14 heteroatoms. The van der Waals surface area contributed by atoms with Gasteiger partial charge in [-0.25, -0.2) is 4.74 Å². The Kier molecular flexibility index (Phi) is 12.7. The van der Waals surface area contributed by atoms with Crippen molar-refractivity contribution >= 4 is 23.9 Å². The first-order valence-electron chi connectivity index (χ1n) is 8.07. The van der Waals surface area contributed by atoms with Crippen LogP contribution in [0.2, 0.25) is 0 Å². The molecule has 0 aromatic rings. The van der Waals surface area contributed by atoms with Gasteiger partial charge in [0.05, 0.1) is 12.7 Å². The zero-order chi connectivity index (χ0) is 22.0. The molecule has 0 N–H and O–H groups in total. The molecule has 0 spiro atoms. The smallest absolute Gasteiger partial charge is 0.347 e. The Bertz CT molecular complexity index is 434. The lowest BCUT2D eigenvalue weighted by Crippen LogP contribution is -2.60. The van der Waals surface area contributed by atoms with Gasteiger partial charge in [-0.2, -0.15) is 12.7 Å². The van der Waals surface area contributed by atoms with Crippen LogP contribution in [-0.2, 0) is 28.4 Å². The van der Waals surface area contributed by atoms with Gasteiger partial charge in [-0.1, -0.05) is 6.92 Å². The van der Waals surface area contributed by atoms with E-state index in [1.165, 1.54) is 20.8 Å². The maximum Gasteiger partial charge on any atom is 0.525 e. The molecule has 3 unspecified atom stereocenters. The molecule has 0 aromatic carbocycles. The number of ether oxygens (including phenoxy) is 6. The number of alkyl halides is 5. The first-order chi connectivity index (χ1) is 12.9. The van der Waals surface area contributed by atoms with Gasteiger partial charge >= 0.3 is 23.2 Å². The van der Waals surface area contributed by atoms with Crippen molar-refractivity contribution in [1.29, 1.82) is 0 Å². The van der Waals surface area contributed by atoms with E-state index < -0.39 is 47.1 Å². The van der Waals surface area contributed by atoms with Crippen LogP contribution in [0.3, 0.4) is 0 Å². The van der Waals surface area contributed by atoms with Crippen molar-refractivity contribution < 1.29 is 54.3 Å². The minimum Gasteiger partial charge on any atom is -0.347 e. The Labute approximate surface area is 168 Å². The van der Waals surface area contributed by atoms with Gasteiger partial charge in [-0.05, 0) is 39.0 Å². The molecule has 0 aliphatic carbocycles. The molecule has 6 nitrogen and oxygen atoms in total. The van der Waals surface area contributed by atoms with E-state index in [9.17, 15) is 25.8 Å². The lowest BCUT2D eigenvalue weighted by molar-refractivity contribution is -0.455. The van der Waals surface area contributed by atoms with E-state index >= 15 is 0 Å². The van der Waals surface area contributed by atoms with Gasteiger partial charge in [0.25, 0.3) is 0 Å². The average Bonchev–Trinajstić information content (AvgIpc) is 2.55. The van der Waals surface area contributed by atoms with Gasteiger partial charge in [0.2, 0.25) is 5.62 Å². The van der Waals surface area contributed by atoms with Gasteiger partial charge in [0.1, 0.15) is 12.1 Å². The standard InChI is InChI=1S/C14H24F6O6S2/c1-6-8-23-12(28-20,24-9(3)4)13(25-10(15)16,26-14(17,18)19)27-11(21-5)22-7-2/h9-11H,6-8H2,1-5H3. The fourth-order valence-corrected chi connectivity index (χ4v) is 3.65. The van der Waals surface area contributed by atoms with Gasteiger partial charge < -0.3 is 18.9 Å². The first-order valence-corrected chi connectivity index (χ1v) is 9.67. The van der Waals surface area contributed by atoms with E-state index in [4.69, 9.17) is 18.9 Å². The van der Waals surface area contributed by atoms with Crippen LogP contribution in [0.4, 0.5) is 25.8 Å². The molecule has 0 radical (unpaired) electrons. The number of thioether (sulfide) groups is 1. The molecule has 28 heavy (non-hydrogen) atoms. The molecule has 0 fully saturated rings. The molecular weight excluding hydrogens is 442 g/mol. The van der Waals surface area contributed by atoms with Crippen molar-refractivity contribution in [2.75, 3.05) is 20.3 Å². The summed E-state index contributed by atoms with van der Waals surface area (Å²) in [6, 6.07) is 0. The van der Waals surface area contributed by atoms with E-state index in [1.807, 2.05) is 0 Å². The van der Waals surface area contributed by atoms with Crippen molar-refractivity contribution in [2.24, 2.45) is 0 Å². The molecule has 0 saturated heterocycles. The fraction of sp³-hybridized carbons (Fsp3) is 1.00. The highest BCUT2D eigenvalue weighted by Crippen LogP contribution is 2.54. The van der Waals surface area contributed by atoms with Crippen LogP contribution in [-0.4, -0.2) is 55.3 Å². The van der Waals surface area contributed by atoms with Crippen LogP contribution in [0, 0.1) is 0 Å². The maximum absolute atomic E-state index is 14.1. The summed E-state index contributed by atoms with van der Waals surface area (Å²) in [6.45, 7) is 1.47. The van der Waals surface area contributed by atoms with Crippen LogP contribution >= 0.6 is 23.9 Å². The number of halogens is 6. The lowest BCUT2D eigenvalue weighted by Gasteiger charge is -2.45. The first kappa shape index (κ1) is 28.0. The number of hydrogen-bond donors (Lipinski definition) is 0. The predicted molar refractivity (Wildman–Crippen MR) is 90.9 cm³/mol. The number of hydrogen-bond acceptors (Lipinski definition) is 8. The molecule has 170 valence electrons. The minimum absolute atomic E-state index is 0.0705. The van der Waals surface area contributed by atoms with E-state index in [0.29, 0.717) is 0 Å². The number of methoxy groups -OCH3 is 1. The molecule has 0 bridgehead atoms. The Hall–Kier alpha value is 0.0400. The summed E-state index contributed by atoms with van der Waals surface area (Å²) in [5.74, 6) is 0. The zero-order valence-electron chi connectivity index (χ0n) is 15.9. The molecule has 0 aliphatic heterocycles. The zero-order valence-corrected chi connectivity index (χ0v) is 17.5. The molecular formula is C14H24F6O6S2. The Morgan fingerprint density at radius 3 is 1.96 bits per heavy atom. The van der Waals surface area contributed by atoms with Crippen molar-refractivity contribution in [3.63, 3.8) is 0 Å². The second-order valence-corrected chi connectivity index (χ2v) is 7.08. The SMILES string of the molecule is CCCOC(OC(C)C)(SF)C(OC(F)F)(OC(F)(F)F)SC(OC)OCC. The van der Waals surface area contributed by atoms with E-state index in [-0.39, 0.29) is 31.4 Å². The molecule has 0 aromatic heterocycles. The Morgan fingerprint density at radius 2 is 1.61 bits per heavy atom. The summed E-state index contributed by atoms with van der Waals surface area (Å²) in [5, 5.41) is -6.68. The summed E-state index contributed by atoms with van der Waals surface area (Å²) in [4.78, 5) is 0. The molecule has 0 amide bonds. The third kappa shape index (κ3) is 8.81. The average molecular weight is 466 g/mol. The van der Waals surface area contributed by atoms with Crippen molar-refractivity contribution in [3.05, 3.63) is 0 Å². The maximum atomic E-state index is 14.1. The van der Waals surface area contributed by atoms with Crippen LogP contribution in [0.1, 0.15) is 34.1 Å². The molecule has 0 heterocycles. The van der Waals surface area contributed by atoms with Crippen LogP contribution in [0.5, 0.6) is 0 Å². The summed E-state index contributed by atoms with van der Waals surface area (Å²) in [7, 11) is 1.04. The predicted octanol–water partition coefficient (Wildman–Crippen LogP) is 5.24. The highest BCUT2D eigenvalue weighted by Gasteiger charge is 2.67. The Morgan fingerprint density at radius 1 is 1.00 bits per heavy atom. The summed E-state index contributed by atoms with van der Waals surface area (Å²) in [5.41, 5.74) is -1.61. The molecule has 0 saturated carbocycles. The van der Waals surface area contributed by atoms with Gasteiger partial charge in [0.15, 0.2) is 0 Å². The van der Waals surface area contributed by atoms with E-state index in [0.717, 1.165) is 7.11 Å². The fourth-order valence-electron chi connectivity index (χ4n) is 1.79. The van der Waals surface area contributed by atoms with Crippen LogP contribution in [0.15, 0.2) is 0 Å². The van der Waals surface area contributed by atoms with E-state index in [2.05, 4.69) is 9.47 Å². The second-order valence-electron chi connectivity index (χ2n) is 5.23. The highest BCUT2D eigenvalue weighted by atomic mass is 32.2. The minimum atomic E-state index is -5.54. The third-order valence-electron chi connectivity index (χ3n) is 2.60. The summed E-state index contributed by atoms with van der Waals surface area (Å²) < 4.78 is 108. The molecule has 3 atom stereocenters. The lowest BCUT2D eigenvalue weighted by atomic mass is 10.4. The summed E-state index contributed by atoms with van der Waals surface area (Å²) >= 11 is -1.07. The quantitative estimate of drug-likeness (QED) is 0.240. The van der Waals surface area contributed by atoms with Crippen LogP contribution in [0.25, 0.3) is 0 Å². The Balaban J connectivity index is 6.51. The molecule has 0 aliphatic rings. The van der Waals surface area contributed by atoms with E-state index in [1.54, 1.807) is 6.92 Å². The monoisotopic (exact) mass is 466 g/mol. The van der Waals surface area contributed by atoms with Crippen molar-refractivity contribution in [2.45, 2.75) is 69.1 Å². The topological polar surface area (TPSA) is 55.4 Å². The molecule has 0 rings (SSSR count). The van der Waals surface area contributed by atoms with Gasteiger partial charge in [-0.15, -0.1) is 13.2 Å². The summed E-state index contributed by atoms with van der Waals surface area (Å²) in [6.07, 6.45) is -6.31. The normalized spacial score (nSPS) is 18.3. The van der Waals surface area contributed by atoms with Crippen molar-refractivity contribution in [3.8, 4) is 0 Å². The van der Waals surface area contributed by atoms with Gasteiger partial charge in [-0.3, -0.25) is 4.74 Å². The van der Waals surface area contributed by atoms with Crippen LogP contribution < -0.4 is 0 Å². The number of rotatable bonds is 15. The van der Waals surface area contributed by atoms with Crippen molar-refractivity contribution in [1.82, 2.24) is 0 Å². The second kappa shape index (κ2) is 12.7. The largest absolute Gasteiger partial charge is 0.525 e. The third-order valence-corrected chi connectivity index (χ3v) is 4.70. The van der Waals surface area contributed by atoms with Gasteiger partial charge in [0, 0.05) is 13.7 Å².